The van der Waals surface area contributed by atoms with Gasteiger partial charge < -0.3 is 5.32 Å². The molecule has 0 amide bonds. The van der Waals surface area contributed by atoms with E-state index < -0.39 is 0 Å². The molecule has 0 bridgehead atoms. The summed E-state index contributed by atoms with van der Waals surface area (Å²) in [6, 6.07) is 0. The molecule has 0 atom stereocenters. The van der Waals surface area contributed by atoms with E-state index in [1.807, 2.05) is 18.0 Å². The number of aromatic nitrogens is 3. The molecule has 84 valence electrons. The maximum Gasteiger partial charge on any atom is 0.156 e. The standard InChI is InChI=1S/C8H15N5S2/c1-9-8(14-2)10-3-4-15-5-7-11-6-12-13-7/h6H,3-5H2,1-2H3,(H,9,10)(H,11,12,13). The van der Waals surface area contributed by atoms with E-state index in [0.717, 1.165) is 29.0 Å². The predicted octanol–water partition coefficient (Wildman–Crippen LogP) is 0.976. The highest BCUT2D eigenvalue weighted by molar-refractivity contribution is 8.13. The zero-order chi connectivity index (χ0) is 10.9. The van der Waals surface area contributed by atoms with Gasteiger partial charge in [-0.2, -0.15) is 16.9 Å². The second kappa shape index (κ2) is 7.58. The van der Waals surface area contributed by atoms with Gasteiger partial charge in [-0.25, -0.2) is 4.98 Å². The van der Waals surface area contributed by atoms with Crippen molar-refractivity contribution in [1.82, 2.24) is 20.5 Å². The Morgan fingerprint density at radius 1 is 1.67 bits per heavy atom. The molecule has 0 saturated heterocycles. The molecule has 0 aliphatic heterocycles. The average molecular weight is 245 g/mol. The lowest BCUT2D eigenvalue weighted by atomic mass is 10.7. The van der Waals surface area contributed by atoms with Gasteiger partial charge in [-0.15, -0.1) is 0 Å². The molecule has 0 saturated carbocycles. The van der Waals surface area contributed by atoms with Crippen LogP contribution in [-0.2, 0) is 5.75 Å². The quantitative estimate of drug-likeness (QED) is 0.460. The third-order valence-corrected chi connectivity index (χ3v) is 3.31. The smallest absolute Gasteiger partial charge is 0.156 e. The van der Waals surface area contributed by atoms with Gasteiger partial charge in [0, 0.05) is 19.3 Å². The lowest BCUT2D eigenvalue weighted by Crippen LogP contribution is -2.22. The molecule has 1 rings (SSSR count). The number of hydrogen-bond donors (Lipinski definition) is 2. The Morgan fingerprint density at radius 3 is 3.13 bits per heavy atom. The van der Waals surface area contributed by atoms with Gasteiger partial charge in [-0.05, 0) is 6.26 Å². The van der Waals surface area contributed by atoms with Crippen molar-refractivity contribution in [3.63, 3.8) is 0 Å². The van der Waals surface area contributed by atoms with Crippen molar-refractivity contribution in [2.45, 2.75) is 5.75 Å². The summed E-state index contributed by atoms with van der Waals surface area (Å²) in [5.41, 5.74) is 0. The predicted molar refractivity (Wildman–Crippen MR) is 67.4 cm³/mol. The molecule has 0 aliphatic rings. The Morgan fingerprint density at radius 2 is 2.53 bits per heavy atom. The molecule has 0 spiro atoms. The van der Waals surface area contributed by atoms with Gasteiger partial charge in [0.05, 0.1) is 5.75 Å². The highest BCUT2D eigenvalue weighted by Gasteiger charge is 1.97. The van der Waals surface area contributed by atoms with E-state index in [4.69, 9.17) is 0 Å². The van der Waals surface area contributed by atoms with Gasteiger partial charge in [-0.1, -0.05) is 11.8 Å². The number of nitrogens with zero attached hydrogens (tertiary/aromatic N) is 3. The van der Waals surface area contributed by atoms with Gasteiger partial charge in [-0.3, -0.25) is 10.1 Å². The maximum absolute atomic E-state index is 4.08. The molecule has 0 unspecified atom stereocenters. The Bertz CT molecular complexity index is 285. The van der Waals surface area contributed by atoms with Gasteiger partial charge >= 0.3 is 0 Å². The molecule has 1 aromatic rings. The molecular weight excluding hydrogens is 230 g/mol. The van der Waals surface area contributed by atoms with Crippen molar-refractivity contribution < 1.29 is 0 Å². The molecule has 0 fully saturated rings. The Hall–Kier alpha value is -0.690. The number of H-pyrrole nitrogens is 1. The third kappa shape index (κ3) is 5.08. The van der Waals surface area contributed by atoms with Crippen LogP contribution in [0.2, 0.25) is 0 Å². The molecule has 2 N–H and O–H groups in total. The van der Waals surface area contributed by atoms with Crippen molar-refractivity contribution in [3.8, 4) is 0 Å². The van der Waals surface area contributed by atoms with Crippen LogP contribution in [0.5, 0.6) is 0 Å². The number of nitrogens with one attached hydrogen (secondary N) is 2. The van der Waals surface area contributed by atoms with E-state index >= 15 is 0 Å². The lowest BCUT2D eigenvalue weighted by molar-refractivity contribution is 0.982. The fraction of sp³-hybridized carbons (Fsp3) is 0.625. The fourth-order valence-electron chi connectivity index (χ4n) is 0.942. The van der Waals surface area contributed by atoms with Crippen LogP contribution in [0.1, 0.15) is 5.82 Å². The Kier molecular flexibility index (Phi) is 6.26. The molecule has 1 heterocycles. The number of rotatable bonds is 5. The van der Waals surface area contributed by atoms with Crippen molar-refractivity contribution in [2.24, 2.45) is 4.99 Å². The number of hydrogen-bond acceptors (Lipinski definition) is 5. The van der Waals surface area contributed by atoms with Crippen LogP contribution in [0, 0.1) is 0 Å². The normalized spacial score (nSPS) is 11.7. The second-order valence-corrected chi connectivity index (χ2v) is 4.54. The summed E-state index contributed by atoms with van der Waals surface area (Å²) in [7, 11) is 1.79. The van der Waals surface area contributed by atoms with Crippen LogP contribution < -0.4 is 5.32 Å². The Balaban J connectivity index is 2.02. The lowest BCUT2D eigenvalue weighted by Gasteiger charge is -2.05. The SMILES string of the molecule is CN=C(NCCSCc1ncn[nH]1)SC. The van der Waals surface area contributed by atoms with Crippen LogP contribution in [0.3, 0.4) is 0 Å². The first kappa shape index (κ1) is 12.4. The van der Waals surface area contributed by atoms with Gasteiger partial charge in [0.1, 0.15) is 12.2 Å². The van der Waals surface area contributed by atoms with Crippen molar-refractivity contribution in [2.75, 3.05) is 25.6 Å². The molecule has 0 aromatic carbocycles. The van der Waals surface area contributed by atoms with E-state index in [0.29, 0.717) is 0 Å². The number of amidine groups is 1. The zero-order valence-electron chi connectivity index (χ0n) is 8.86. The number of thioether (sulfide) groups is 2. The molecular formula is C8H15N5S2. The van der Waals surface area contributed by atoms with Crippen LogP contribution in [0.4, 0.5) is 0 Å². The highest BCUT2D eigenvalue weighted by atomic mass is 32.2. The van der Waals surface area contributed by atoms with Gasteiger partial charge in [0.25, 0.3) is 0 Å². The number of aromatic amines is 1. The monoisotopic (exact) mass is 245 g/mol. The van der Waals surface area contributed by atoms with Gasteiger partial charge in [0.2, 0.25) is 0 Å². The molecule has 15 heavy (non-hydrogen) atoms. The first-order chi connectivity index (χ1) is 7.36. The summed E-state index contributed by atoms with van der Waals surface area (Å²) in [6.45, 7) is 0.923. The number of aliphatic imine (C=N–C) groups is 1. The summed E-state index contributed by atoms with van der Waals surface area (Å²) in [4.78, 5) is 8.13. The summed E-state index contributed by atoms with van der Waals surface area (Å²) in [5, 5.41) is 10.8. The first-order valence-electron chi connectivity index (χ1n) is 4.53. The minimum absolute atomic E-state index is 0.875. The second-order valence-electron chi connectivity index (χ2n) is 2.64. The average Bonchev–Trinajstić information content (AvgIpc) is 2.76. The van der Waals surface area contributed by atoms with E-state index in [-0.39, 0.29) is 0 Å². The van der Waals surface area contributed by atoms with E-state index in [2.05, 4.69) is 25.5 Å². The molecule has 0 aliphatic carbocycles. The van der Waals surface area contributed by atoms with E-state index in [9.17, 15) is 0 Å². The van der Waals surface area contributed by atoms with Gasteiger partial charge in [0.15, 0.2) is 5.17 Å². The van der Waals surface area contributed by atoms with Crippen LogP contribution >= 0.6 is 23.5 Å². The third-order valence-electron chi connectivity index (χ3n) is 1.62. The fourth-order valence-corrected chi connectivity index (χ4v) is 2.09. The summed E-state index contributed by atoms with van der Waals surface area (Å²) in [6.07, 6.45) is 3.54. The first-order valence-corrected chi connectivity index (χ1v) is 6.91. The largest absolute Gasteiger partial charge is 0.364 e. The van der Waals surface area contributed by atoms with Crippen molar-refractivity contribution in [1.29, 1.82) is 0 Å². The topological polar surface area (TPSA) is 66.0 Å². The van der Waals surface area contributed by atoms with Crippen molar-refractivity contribution in [3.05, 3.63) is 12.2 Å². The van der Waals surface area contributed by atoms with Crippen molar-refractivity contribution >= 4 is 28.7 Å². The minimum atomic E-state index is 0.875. The molecule has 7 heteroatoms. The van der Waals surface area contributed by atoms with E-state index in [1.165, 1.54) is 6.33 Å². The molecule has 1 aromatic heterocycles. The van der Waals surface area contributed by atoms with Crippen LogP contribution in [-0.4, -0.2) is 46.0 Å². The molecule has 0 radical (unpaired) electrons. The Labute approximate surface area is 97.9 Å². The highest BCUT2D eigenvalue weighted by Crippen LogP contribution is 2.05. The minimum Gasteiger partial charge on any atom is -0.364 e. The van der Waals surface area contributed by atoms with Crippen LogP contribution in [0.25, 0.3) is 0 Å². The molecule has 5 nitrogen and oxygen atoms in total. The summed E-state index contributed by atoms with van der Waals surface area (Å²) >= 11 is 3.44. The summed E-state index contributed by atoms with van der Waals surface area (Å²) < 4.78 is 0. The zero-order valence-corrected chi connectivity index (χ0v) is 10.5. The van der Waals surface area contributed by atoms with E-state index in [1.54, 1.807) is 18.8 Å². The maximum atomic E-state index is 4.08. The van der Waals surface area contributed by atoms with Crippen LogP contribution in [0.15, 0.2) is 11.3 Å². The summed E-state index contributed by atoms with van der Waals surface area (Å²) in [5.74, 6) is 2.83.